The van der Waals surface area contributed by atoms with Crippen molar-refractivity contribution in [2.24, 2.45) is 0 Å². The summed E-state index contributed by atoms with van der Waals surface area (Å²) in [6.07, 6.45) is 0. The Morgan fingerprint density at radius 3 is 2.65 bits per heavy atom. The Labute approximate surface area is 126 Å². The van der Waals surface area contributed by atoms with E-state index < -0.39 is 0 Å². The van der Waals surface area contributed by atoms with Crippen molar-refractivity contribution >= 4 is 43.9 Å². The first-order chi connectivity index (χ1) is 9.63. The maximum absolute atomic E-state index is 5.89. The van der Waals surface area contributed by atoms with E-state index in [-0.39, 0.29) is 0 Å². The second-order valence-electron chi connectivity index (χ2n) is 4.69. The lowest BCUT2D eigenvalue weighted by molar-refractivity contribution is 1.25. The minimum absolute atomic E-state index is 0.735. The Balaban J connectivity index is 2.15. The van der Waals surface area contributed by atoms with Crippen LogP contribution in [0.1, 0.15) is 5.69 Å². The summed E-state index contributed by atoms with van der Waals surface area (Å²) >= 11 is 3.55. The number of nitrogen functional groups attached to an aromatic ring is 1. The third-order valence-corrected chi connectivity index (χ3v) is 3.80. The maximum Gasteiger partial charge on any atom is 0.0727 e. The summed E-state index contributed by atoms with van der Waals surface area (Å²) in [7, 11) is 0. The maximum atomic E-state index is 5.89. The SMILES string of the molecule is Cc1cc(Nc2ccccc2Br)c2cc(N)ccc2n1. The van der Waals surface area contributed by atoms with Gasteiger partial charge in [0.05, 0.1) is 11.2 Å². The molecule has 0 aliphatic heterocycles. The first kappa shape index (κ1) is 12.9. The van der Waals surface area contributed by atoms with Gasteiger partial charge in [-0.2, -0.15) is 0 Å². The molecule has 0 bridgehead atoms. The average Bonchev–Trinajstić information content (AvgIpc) is 2.42. The predicted molar refractivity (Wildman–Crippen MR) is 88.3 cm³/mol. The molecule has 3 nitrogen and oxygen atoms in total. The van der Waals surface area contributed by atoms with Crippen molar-refractivity contribution < 1.29 is 0 Å². The molecule has 3 aromatic rings. The van der Waals surface area contributed by atoms with Crippen molar-refractivity contribution in [1.82, 2.24) is 4.98 Å². The number of hydrogen-bond donors (Lipinski definition) is 2. The zero-order valence-corrected chi connectivity index (χ0v) is 12.6. The molecule has 2 aromatic carbocycles. The van der Waals surface area contributed by atoms with E-state index >= 15 is 0 Å². The fourth-order valence-electron chi connectivity index (χ4n) is 2.19. The van der Waals surface area contributed by atoms with Crippen molar-refractivity contribution in [2.45, 2.75) is 6.92 Å². The van der Waals surface area contributed by atoms with Crippen molar-refractivity contribution in [1.29, 1.82) is 0 Å². The summed E-state index contributed by atoms with van der Waals surface area (Å²) < 4.78 is 1.02. The largest absolute Gasteiger partial charge is 0.399 e. The third-order valence-electron chi connectivity index (χ3n) is 3.10. The first-order valence-corrected chi connectivity index (χ1v) is 7.11. The van der Waals surface area contributed by atoms with Crippen molar-refractivity contribution in [2.75, 3.05) is 11.1 Å². The molecule has 3 N–H and O–H groups in total. The zero-order valence-electron chi connectivity index (χ0n) is 11.0. The fraction of sp³-hybridized carbons (Fsp3) is 0.0625. The smallest absolute Gasteiger partial charge is 0.0727 e. The van der Waals surface area contributed by atoms with E-state index in [1.165, 1.54) is 0 Å². The number of halogens is 1. The summed E-state index contributed by atoms with van der Waals surface area (Å²) in [6, 6.07) is 15.8. The monoisotopic (exact) mass is 327 g/mol. The number of anilines is 3. The van der Waals surface area contributed by atoms with E-state index in [0.29, 0.717) is 0 Å². The van der Waals surface area contributed by atoms with Crippen LogP contribution in [0, 0.1) is 6.92 Å². The van der Waals surface area contributed by atoms with E-state index in [4.69, 9.17) is 5.73 Å². The molecule has 0 saturated carbocycles. The zero-order chi connectivity index (χ0) is 14.1. The van der Waals surface area contributed by atoms with E-state index in [1.54, 1.807) is 0 Å². The quantitative estimate of drug-likeness (QED) is 0.674. The molecule has 0 spiro atoms. The van der Waals surface area contributed by atoms with Crippen LogP contribution < -0.4 is 11.1 Å². The highest BCUT2D eigenvalue weighted by atomic mass is 79.9. The number of fused-ring (bicyclic) bond motifs is 1. The Morgan fingerprint density at radius 2 is 1.85 bits per heavy atom. The van der Waals surface area contributed by atoms with Gasteiger partial charge in [0.1, 0.15) is 0 Å². The van der Waals surface area contributed by atoms with Crippen LogP contribution in [-0.4, -0.2) is 4.98 Å². The minimum atomic E-state index is 0.735. The second-order valence-corrected chi connectivity index (χ2v) is 5.55. The molecular formula is C16H14BrN3. The van der Waals surface area contributed by atoms with E-state index in [1.807, 2.05) is 55.5 Å². The van der Waals surface area contributed by atoms with E-state index in [2.05, 4.69) is 26.2 Å². The van der Waals surface area contributed by atoms with Crippen LogP contribution in [-0.2, 0) is 0 Å². The highest BCUT2D eigenvalue weighted by Crippen LogP contribution is 2.31. The number of rotatable bonds is 2. The minimum Gasteiger partial charge on any atom is -0.399 e. The van der Waals surface area contributed by atoms with Crippen molar-refractivity contribution in [3.63, 3.8) is 0 Å². The molecule has 0 aliphatic rings. The fourth-order valence-corrected chi connectivity index (χ4v) is 2.57. The molecule has 1 heterocycles. The summed E-state index contributed by atoms with van der Waals surface area (Å²) in [4.78, 5) is 4.53. The Hall–Kier alpha value is -2.07. The highest BCUT2D eigenvalue weighted by molar-refractivity contribution is 9.10. The van der Waals surface area contributed by atoms with Crippen LogP contribution in [0.5, 0.6) is 0 Å². The van der Waals surface area contributed by atoms with Crippen LogP contribution in [0.15, 0.2) is 53.0 Å². The number of pyridine rings is 1. The molecule has 0 amide bonds. The number of para-hydroxylation sites is 1. The van der Waals surface area contributed by atoms with Gasteiger partial charge in [-0.1, -0.05) is 12.1 Å². The molecule has 0 saturated heterocycles. The lowest BCUT2D eigenvalue weighted by Crippen LogP contribution is -1.96. The topological polar surface area (TPSA) is 50.9 Å². The molecule has 0 aliphatic carbocycles. The van der Waals surface area contributed by atoms with Gasteiger partial charge in [-0.3, -0.25) is 4.98 Å². The Kier molecular flexibility index (Phi) is 3.32. The lowest BCUT2D eigenvalue weighted by Gasteiger charge is -2.12. The Morgan fingerprint density at radius 1 is 1.05 bits per heavy atom. The number of aromatic nitrogens is 1. The van der Waals surface area contributed by atoms with Gasteiger partial charge in [0, 0.05) is 26.9 Å². The van der Waals surface area contributed by atoms with Gasteiger partial charge in [-0.05, 0) is 59.3 Å². The lowest BCUT2D eigenvalue weighted by atomic mass is 10.1. The number of nitrogens with zero attached hydrogens (tertiary/aromatic N) is 1. The van der Waals surface area contributed by atoms with Crippen molar-refractivity contribution in [3.8, 4) is 0 Å². The molecule has 4 heteroatoms. The summed E-state index contributed by atoms with van der Waals surface area (Å²) in [6.45, 7) is 1.99. The van der Waals surface area contributed by atoms with Gasteiger partial charge in [0.25, 0.3) is 0 Å². The van der Waals surface area contributed by atoms with Gasteiger partial charge in [0.15, 0.2) is 0 Å². The molecule has 20 heavy (non-hydrogen) atoms. The van der Waals surface area contributed by atoms with Gasteiger partial charge < -0.3 is 11.1 Å². The predicted octanol–water partition coefficient (Wildman–Crippen LogP) is 4.63. The molecule has 0 unspecified atom stereocenters. The van der Waals surface area contributed by atoms with Gasteiger partial charge >= 0.3 is 0 Å². The summed E-state index contributed by atoms with van der Waals surface area (Å²) in [5, 5.41) is 4.46. The number of nitrogens with one attached hydrogen (secondary N) is 1. The third kappa shape index (κ3) is 2.47. The van der Waals surface area contributed by atoms with Crippen LogP contribution in [0.3, 0.4) is 0 Å². The Bertz CT molecular complexity index is 784. The molecule has 0 atom stereocenters. The molecular weight excluding hydrogens is 314 g/mol. The molecule has 100 valence electrons. The molecule has 0 radical (unpaired) electrons. The van der Waals surface area contributed by atoms with Gasteiger partial charge in [0.2, 0.25) is 0 Å². The number of nitrogens with two attached hydrogens (primary N) is 1. The summed E-state index contributed by atoms with van der Waals surface area (Å²) in [5.41, 5.74) is 10.6. The normalized spacial score (nSPS) is 10.7. The van der Waals surface area contributed by atoms with Crippen LogP contribution >= 0.6 is 15.9 Å². The highest BCUT2D eigenvalue weighted by Gasteiger charge is 2.06. The van der Waals surface area contributed by atoms with E-state index in [0.717, 1.165) is 38.1 Å². The molecule has 1 aromatic heterocycles. The number of aryl methyl sites for hydroxylation is 1. The van der Waals surface area contributed by atoms with Gasteiger partial charge in [-0.15, -0.1) is 0 Å². The average molecular weight is 328 g/mol. The number of hydrogen-bond acceptors (Lipinski definition) is 3. The van der Waals surface area contributed by atoms with Crippen LogP contribution in [0.25, 0.3) is 10.9 Å². The summed E-state index contributed by atoms with van der Waals surface area (Å²) in [5.74, 6) is 0. The van der Waals surface area contributed by atoms with Crippen LogP contribution in [0.2, 0.25) is 0 Å². The van der Waals surface area contributed by atoms with Crippen molar-refractivity contribution in [3.05, 3.63) is 58.7 Å². The number of benzene rings is 2. The second kappa shape index (κ2) is 5.13. The molecule has 3 rings (SSSR count). The van der Waals surface area contributed by atoms with E-state index in [9.17, 15) is 0 Å². The van der Waals surface area contributed by atoms with Crippen LogP contribution in [0.4, 0.5) is 17.1 Å². The van der Waals surface area contributed by atoms with Gasteiger partial charge in [-0.25, -0.2) is 0 Å². The molecule has 0 fully saturated rings. The standard InChI is InChI=1S/C16H14BrN3/c1-10-8-16(20-15-5-3-2-4-13(15)17)12-9-11(18)6-7-14(12)19-10/h2-9H,18H2,1H3,(H,19,20). The first-order valence-electron chi connectivity index (χ1n) is 6.32.